The van der Waals surface area contributed by atoms with Crippen molar-refractivity contribution in [2.24, 2.45) is 5.41 Å². The van der Waals surface area contributed by atoms with Gasteiger partial charge in [-0.15, -0.1) is 0 Å². The Morgan fingerprint density at radius 2 is 1.90 bits per heavy atom. The van der Waals surface area contributed by atoms with Crippen molar-refractivity contribution >= 4 is 28.2 Å². The number of aromatic nitrogens is 1. The first-order valence-electron chi connectivity index (χ1n) is 6.42. The number of ketones is 1. The van der Waals surface area contributed by atoms with E-state index in [2.05, 4.69) is 37.4 Å². The number of thiazole rings is 1. The van der Waals surface area contributed by atoms with Crippen molar-refractivity contribution in [3.8, 4) is 0 Å². The van der Waals surface area contributed by atoms with Crippen LogP contribution in [0, 0.1) is 5.41 Å². The first kappa shape index (κ1) is 16.6. The smallest absolute Gasteiger partial charge is 0.358 e. The summed E-state index contributed by atoms with van der Waals surface area (Å²) in [6, 6.07) is 0.207. The Bertz CT molecular complexity index is 517. The lowest BCUT2D eigenvalue weighted by atomic mass is 9.87. The van der Waals surface area contributed by atoms with Gasteiger partial charge in [0.1, 0.15) is 4.88 Å². The van der Waals surface area contributed by atoms with Crippen molar-refractivity contribution in [3.05, 3.63) is 10.6 Å². The lowest BCUT2D eigenvalue weighted by Gasteiger charge is -2.35. The topological polar surface area (TPSA) is 59.5 Å². The molecule has 0 amide bonds. The lowest BCUT2D eigenvalue weighted by Crippen LogP contribution is -2.39. The number of ether oxygens (including phenoxy) is 1. The number of anilines is 1. The molecule has 1 aromatic rings. The summed E-state index contributed by atoms with van der Waals surface area (Å²) in [5.41, 5.74) is 0.162. The number of hydrogen-bond acceptors (Lipinski definition) is 6. The van der Waals surface area contributed by atoms with Gasteiger partial charge in [0, 0.05) is 20.0 Å². The van der Waals surface area contributed by atoms with Crippen molar-refractivity contribution in [3.63, 3.8) is 0 Å². The number of esters is 1. The minimum Gasteiger partial charge on any atom is -0.464 e. The fourth-order valence-electron chi connectivity index (χ4n) is 1.68. The normalized spacial score (nSPS) is 12.9. The molecular formula is C14H22N2O3S. The zero-order chi connectivity index (χ0) is 15.7. The molecule has 0 aliphatic heterocycles. The van der Waals surface area contributed by atoms with Crippen LogP contribution in [0.1, 0.15) is 54.8 Å². The number of hydrogen-bond donors (Lipinski definition) is 0. The van der Waals surface area contributed by atoms with Crippen LogP contribution in [0.4, 0.5) is 5.13 Å². The van der Waals surface area contributed by atoms with Crippen molar-refractivity contribution in [2.45, 2.75) is 40.7 Å². The molecular weight excluding hydrogens is 276 g/mol. The van der Waals surface area contributed by atoms with Gasteiger partial charge in [-0.05, 0) is 12.3 Å². The standard InChI is InChI=1S/C14H22N2O3S/c1-8(17)11-10(12(18)19-7)15-13(20-11)16(6)9(2)14(3,4)5/h9H,1-7H3. The molecule has 0 aliphatic rings. The molecule has 6 heteroatoms. The van der Waals surface area contributed by atoms with Crippen LogP contribution in [0.25, 0.3) is 0 Å². The van der Waals surface area contributed by atoms with E-state index in [9.17, 15) is 9.59 Å². The zero-order valence-electron chi connectivity index (χ0n) is 13.1. The van der Waals surface area contributed by atoms with Crippen LogP contribution in [0.3, 0.4) is 0 Å². The predicted octanol–water partition coefficient (Wildman–Crippen LogP) is 3.00. The molecule has 0 aromatic carbocycles. The van der Waals surface area contributed by atoms with Crippen molar-refractivity contribution in [1.82, 2.24) is 4.98 Å². The van der Waals surface area contributed by atoms with Crippen LogP contribution in [-0.4, -0.2) is 36.9 Å². The van der Waals surface area contributed by atoms with Gasteiger partial charge < -0.3 is 9.64 Å². The molecule has 1 rings (SSSR count). The third kappa shape index (κ3) is 3.36. The van der Waals surface area contributed by atoms with E-state index in [4.69, 9.17) is 0 Å². The summed E-state index contributed by atoms with van der Waals surface area (Å²) < 4.78 is 4.68. The Labute approximate surface area is 124 Å². The van der Waals surface area contributed by atoms with E-state index in [0.717, 1.165) is 0 Å². The molecule has 1 atom stereocenters. The van der Waals surface area contributed by atoms with Gasteiger partial charge in [0.25, 0.3) is 0 Å². The second-order valence-electron chi connectivity index (χ2n) is 5.87. The highest BCUT2D eigenvalue weighted by atomic mass is 32.1. The van der Waals surface area contributed by atoms with Crippen LogP contribution >= 0.6 is 11.3 Å². The van der Waals surface area contributed by atoms with Gasteiger partial charge in [-0.1, -0.05) is 32.1 Å². The summed E-state index contributed by atoms with van der Waals surface area (Å²) in [5, 5.41) is 0.651. The predicted molar refractivity (Wildman–Crippen MR) is 80.8 cm³/mol. The maximum atomic E-state index is 11.7. The van der Waals surface area contributed by atoms with Gasteiger partial charge in [0.15, 0.2) is 16.6 Å². The van der Waals surface area contributed by atoms with Gasteiger partial charge >= 0.3 is 5.97 Å². The highest BCUT2D eigenvalue weighted by Gasteiger charge is 2.29. The van der Waals surface area contributed by atoms with E-state index in [-0.39, 0.29) is 22.9 Å². The molecule has 5 nitrogen and oxygen atoms in total. The number of carbonyl (C=O) groups excluding carboxylic acids is 2. The molecule has 1 aromatic heterocycles. The van der Waals surface area contributed by atoms with Gasteiger partial charge in [-0.3, -0.25) is 4.79 Å². The molecule has 112 valence electrons. The summed E-state index contributed by atoms with van der Waals surface area (Å²) in [5.74, 6) is -0.750. The lowest BCUT2D eigenvalue weighted by molar-refractivity contribution is 0.0591. The monoisotopic (exact) mass is 298 g/mol. The highest BCUT2D eigenvalue weighted by molar-refractivity contribution is 7.17. The molecule has 0 aliphatic carbocycles. The zero-order valence-corrected chi connectivity index (χ0v) is 13.9. The number of rotatable bonds is 4. The molecule has 0 spiro atoms. The minimum atomic E-state index is -0.575. The van der Waals surface area contributed by atoms with E-state index in [1.54, 1.807) is 0 Å². The Hall–Kier alpha value is -1.43. The summed E-state index contributed by atoms with van der Waals surface area (Å²) in [6.07, 6.45) is 0. The van der Waals surface area contributed by atoms with E-state index in [1.165, 1.54) is 25.4 Å². The third-order valence-corrected chi connectivity index (χ3v) is 4.70. The van der Waals surface area contributed by atoms with Crippen LogP contribution in [-0.2, 0) is 4.74 Å². The Morgan fingerprint density at radius 1 is 1.35 bits per heavy atom. The van der Waals surface area contributed by atoms with Gasteiger partial charge in [-0.2, -0.15) is 0 Å². The average Bonchev–Trinajstić information content (AvgIpc) is 2.80. The first-order chi connectivity index (χ1) is 9.09. The molecule has 0 saturated carbocycles. The number of nitrogens with zero attached hydrogens (tertiary/aromatic N) is 2. The maximum absolute atomic E-state index is 11.7. The largest absolute Gasteiger partial charge is 0.464 e. The van der Waals surface area contributed by atoms with Crippen LogP contribution < -0.4 is 4.90 Å². The van der Waals surface area contributed by atoms with E-state index < -0.39 is 5.97 Å². The Morgan fingerprint density at radius 3 is 2.30 bits per heavy atom. The first-order valence-corrected chi connectivity index (χ1v) is 7.24. The molecule has 0 bridgehead atoms. The number of Topliss-reactive ketones (excluding diaryl/α,β-unsaturated/α-hetero) is 1. The Kier molecular flexibility index (Phi) is 4.91. The summed E-state index contributed by atoms with van der Waals surface area (Å²) in [4.78, 5) is 29.9. The highest BCUT2D eigenvalue weighted by Crippen LogP contribution is 2.32. The van der Waals surface area contributed by atoms with Crippen LogP contribution in [0.5, 0.6) is 0 Å². The number of methoxy groups -OCH3 is 1. The van der Waals surface area contributed by atoms with Crippen molar-refractivity contribution in [2.75, 3.05) is 19.1 Å². The van der Waals surface area contributed by atoms with Crippen molar-refractivity contribution in [1.29, 1.82) is 0 Å². The molecule has 1 heterocycles. The van der Waals surface area contributed by atoms with E-state index >= 15 is 0 Å². The fraction of sp³-hybridized carbons (Fsp3) is 0.643. The molecule has 20 heavy (non-hydrogen) atoms. The van der Waals surface area contributed by atoms with Crippen LogP contribution in [0.2, 0.25) is 0 Å². The SMILES string of the molecule is COC(=O)c1nc(N(C)C(C)C(C)(C)C)sc1C(C)=O. The second kappa shape index (κ2) is 5.91. The summed E-state index contributed by atoms with van der Waals surface area (Å²) in [6.45, 7) is 9.92. The second-order valence-corrected chi connectivity index (χ2v) is 6.85. The number of carbonyl (C=O) groups is 2. The van der Waals surface area contributed by atoms with E-state index in [0.29, 0.717) is 10.0 Å². The molecule has 0 fully saturated rings. The van der Waals surface area contributed by atoms with Gasteiger partial charge in [-0.25, -0.2) is 9.78 Å². The molecule has 0 saturated heterocycles. The van der Waals surface area contributed by atoms with Gasteiger partial charge in [0.2, 0.25) is 0 Å². The molecule has 0 radical (unpaired) electrons. The minimum absolute atomic E-state index is 0.0578. The Balaban J connectivity index is 3.21. The van der Waals surface area contributed by atoms with Crippen molar-refractivity contribution < 1.29 is 14.3 Å². The van der Waals surface area contributed by atoms with Gasteiger partial charge in [0.05, 0.1) is 7.11 Å². The average molecular weight is 298 g/mol. The van der Waals surface area contributed by atoms with Crippen LogP contribution in [0.15, 0.2) is 0 Å². The maximum Gasteiger partial charge on any atom is 0.358 e. The molecule has 0 N–H and O–H groups in total. The summed E-state index contributed by atoms with van der Waals surface area (Å²) in [7, 11) is 3.20. The summed E-state index contributed by atoms with van der Waals surface area (Å²) >= 11 is 1.23. The quantitative estimate of drug-likeness (QED) is 0.631. The fourth-order valence-corrected chi connectivity index (χ4v) is 2.67. The van der Waals surface area contributed by atoms with E-state index in [1.807, 2.05) is 11.9 Å². The third-order valence-electron chi connectivity index (χ3n) is 3.45. The molecule has 1 unspecified atom stereocenters.